The smallest absolute Gasteiger partial charge is 0.255 e. The molecule has 2 aliphatic heterocycles. The molecule has 3 N–H and O–H groups in total. The number of amides is 1. The Morgan fingerprint density at radius 3 is 2.74 bits per heavy atom. The van der Waals surface area contributed by atoms with E-state index in [9.17, 15) is 14.7 Å². The number of aryl methyl sites for hydroxylation is 2. The molecule has 5 rings (SSSR count). The number of Topliss-reactive ketones (excluding diaryl/α,β-unsaturated/α-hetero) is 1. The molecule has 0 saturated carbocycles. The van der Waals surface area contributed by atoms with Gasteiger partial charge in [-0.2, -0.15) is 0 Å². The van der Waals surface area contributed by atoms with Crippen molar-refractivity contribution in [2.24, 2.45) is 18.0 Å². The molecule has 2 aliphatic rings. The summed E-state index contributed by atoms with van der Waals surface area (Å²) in [5.41, 5.74) is 4.63. The summed E-state index contributed by atoms with van der Waals surface area (Å²) < 4.78 is 2.02. The van der Waals surface area contributed by atoms with Gasteiger partial charge in [0.25, 0.3) is 5.91 Å². The summed E-state index contributed by atoms with van der Waals surface area (Å²) in [5, 5.41) is 16.3. The number of ketones is 1. The third-order valence-corrected chi connectivity index (χ3v) is 7.51. The Labute approximate surface area is 245 Å². The summed E-state index contributed by atoms with van der Waals surface area (Å²) >= 11 is 0. The first-order chi connectivity index (χ1) is 20.2. The molecule has 0 bridgehead atoms. The second kappa shape index (κ2) is 12.6. The van der Waals surface area contributed by atoms with Gasteiger partial charge in [-0.15, -0.1) is 0 Å². The van der Waals surface area contributed by atoms with Gasteiger partial charge in [0.1, 0.15) is 11.7 Å². The van der Waals surface area contributed by atoms with Crippen LogP contribution in [-0.4, -0.2) is 67.8 Å². The minimum Gasteiger partial charge on any atom is -0.395 e. The first-order valence-corrected chi connectivity index (χ1v) is 14.2. The number of fused-ring (bicyclic) bond motifs is 2. The number of hydrogen-bond donors (Lipinski definition) is 3. The zero-order valence-corrected chi connectivity index (χ0v) is 24.5. The number of imidazole rings is 1. The van der Waals surface area contributed by atoms with Gasteiger partial charge in [-0.25, -0.2) is 9.98 Å². The van der Waals surface area contributed by atoms with E-state index in [4.69, 9.17) is 4.99 Å². The minimum atomic E-state index is -0.295. The molecule has 0 saturated heterocycles. The molecule has 4 heterocycles. The Hall–Kier alpha value is -4.41. The SMILES string of the molecule is Cc1nc2ccc(CNC(=O)C3=CC=CN4CC(=O)C(CN[C@H](CO)CC(C)C)=C(c5ccccn5)N=C34)cc2n1C. The lowest BCUT2D eigenvalue weighted by Gasteiger charge is -2.24. The highest BCUT2D eigenvalue weighted by Crippen LogP contribution is 2.27. The van der Waals surface area contributed by atoms with Crippen LogP contribution >= 0.6 is 0 Å². The highest BCUT2D eigenvalue weighted by Gasteiger charge is 2.31. The van der Waals surface area contributed by atoms with Gasteiger partial charge in [0, 0.05) is 44.1 Å². The number of benzene rings is 1. The van der Waals surface area contributed by atoms with Gasteiger partial charge in [-0.3, -0.25) is 14.6 Å². The third-order valence-electron chi connectivity index (χ3n) is 7.51. The number of hydrogen-bond acceptors (Lipinski definition) is 8. The van der Waals surface area contributed by atoms with Crippen LogP contribution in [0.1, 0.15) is 37.4 Å². The number of aromatic nitrogens is 3. The number of aliphatic hydroxyl groups is 1. The lowest BCUT2D eigenvalue weighted by Crippen LogP contribution is -2.39. The predicted octanol–water partition coefficient (Wildman–Crippen LogP) is 3.04. The molecule has 0 fully saturated rings. The molecule has 1 atom stereocenters. The fraction of sp³-hybridized carbons (Fsp3) is 0.344. The topological polar surface area (TPSA) is 125 Å². The van der Waals surface area contributed by atoms with Crippen LogP contribution in [0, 0.1) is 12.8 Å². The molecule has 10 heteroatoms. The summed E-state index contributed by atoms with van der Waals surface area (Å²) in [5.74, 6) is 1.26. The fourth-order valence-corrected chi connectivity index (χ4v) is 5.21. The summed E-state index contributed by atoms with van der Waals surface area (Å²) in [6.07, 6.45) is 7.64. The maximum Gasteiger partial charge on any atom is 0.255 e. The largest absolute Gasteiger partial charge is 0.395 e. The molecule has 42 heavy (non-hydrogen) atoms. The molecule has 2 aromatic heterocycles. The Morgan fingerprint density at radius 2 is 2.00 bits per heavy atom. The van der Waals surface area contributed by atoms with Gasteiger partial charge in [0.15, 0.2) is 5.78 Å². The number of amidine groups is 1. The lowest BCUT2D eigenvalue weighted by molar-refractivity contribution is -0.117. The van der Waals surface area contributed by atoms with E-state index >= 15 is 0 Å². The first-order valence-electron chi connectivity index (χ1n) is 14.2. The number of rotatable bonds is 10. The number of aliphatic hydroxyl groups excluding tert-OH is 1. The summed E-state index contributed by atoms with van der Waals surface area (Å²) in [6, 6.07) is 11.2. The van der Waals surface area contributed by atoms with Gasteiger partial charge in [-0.1, -0.05) is 26.0 Å². The average Bonchev–Trinajstić information content (AvgIpc) is 3.18. The van der Waals surface area contributed by atoms with Crippen LogP contribution in [0.25, 0.3) is 16.7 Å². The molecular formula is C32H37N7O3. The van der Waals surface area contributed by atoms with Crippen molar-refractivity contribution >= 4 is 34.3 Å². The van der Waals surface area contributed by atoms with Crippen molar-refractivity contribution in [2.45, 2.75) is 39.8 Å². The highest BCUT2D eigenvalue weighted by atomic mass is 16.3. The van der Waals surface area contributed by atoms with Crippen LogP contribution in [0.5, 0.6) is 0 Å². The van der Waals surface area contributed by atoms with E-state index in [1.54, 1.807) is 41.6 Å². The molecule has 0 aliphatic carbocycles. The van der Waals surface area contributed by atoms with Crippen LogP contribution in [-0.2, 0) is 23.2 Å². The van der Waals surface area contributed by atoms with E-state index in [0.29, 0.717) is 40.8 Å². The monoisotopic (exact) mass is 567 g/mol. The number of nitrogens with one attached hydrogen (secondary N) is 2. The number of carbonyl (C=O) groups is 2. The van der Waals surface area contributed by atoms with Crippen molar-refractivity contribution in [3.63, 3.8) is 0 Å². The summed E-state index contributed by atoms with van der Waals surface area (Å²) in [6.45, 7) is 6.67. The van der Waals surface area contributed by atoms with E-state index in [1.165, 1.54) is 0 Å². The van der Waals surface area contributed by atoms with Crippen molar-refractivity contribution in [2.75, 3.05) is 19.7 Å². The van der Waals surface area contributed by atoms with E-state index in [2.05, 4.69) is 34.4 Å². The molecule has 0 unspecified atom stereocenters. The number of pyridine rings is 1. The molecule has 0 radical (unpaired) electrons. The van der Waals surface area contributed by atoms with Crippen molar-refractivity contribution in [3.8, 4) is 0 Å². The second-order valence-corrected chi connectivity index (χ2v) is 11.1. The van der Waals surface area contributed by atoms with Crippen LogP contribution in [0.4, 0.5) is 0 Å². The van der Waals surface area contributed by atoms with Crippen LogP contribution in [0.3, 0.4) is 0 Å². The number of allylic oxidation sites excluding steroid dienone is 2. The maximum atomic E-state index is 13.6. The fourth-order valence-electron chi connectivity index (χ4n) is 5.21. The Morgan fingerprint density at radius 1 is 1.17 bits per heavy atom. The van der Waals surface area contributed by atoms with E-state index in [-0.39, 0.29) is 37.4 Å². The van der Waals surface area contributed by atoms with E-state index in [1.807, 2.05) is 42.8 Å². The standard InChI is InChI=1S/C32H37N7O3/c1-20(2)14-23(19-40)34-17-25-29(41)18-39-13-7-8-24(31(39)37-30(25)27-9-5-6-12-33-27)32(42)35-16-22-10-11-26-28(15-22)38(4)21(3)36-26/h5-13,15,20,23,34,40H,14,16-19H2,1-4H3,(H,35,42)/t23-/m0/s1. The van der Waals surface area contributed by atoms with E-state index < -0.39 is 0 Å². The van der Waals surface area contributed by atoms with Crippen LogP contribution < -0.4 is 10.6 Å². The maximum absolute atomic E-state index is 13.6. The van der Waals surface area contributed by atoms with Gasteiger partial charge < -0.3 is 25.2 Å². The van der Waals surface area contributed by atoms with Gasteiger partial charge in [0.2, 0.25) is 0 Å². The van der Waals surface area contributed by atoms with Gasteiger partial charge >= 0.3 is 0 Å². The Bertz CT molecular complexity index is 1620. The Balaban J connectivity index is 1.44. The zero-order chi connectivity index (χ0) is 29.8. The second-order valence-electron chi connectivity index (χ2n) is 11.1. The van der Waals surface area contributed by atoms with Crippen LogP contribution in [0.2, 0.25) is 0 Å². The molecule has 10 nitrogen and oxygen atoms in total. The summed E-state index contributed by atoms with van der Waals surface area (Å²) in [7, 11) is 1.97. The molecule has 3 aromatic rings. The van der Waals surface area contributed by atoms with Gasteiger partial charge in [0.05, 0.1) is 41.1 Å². The van der Waals surface area contributed by atoms with Crippen molar-refractivity contribution in [3.05, 3.63) is 89.2 Å². The van der Waals surface area contributed by atoms with Crippen molar-refractivity contribution < 1.29 is 14.7 Å². The highest BCUT2D eigenvalue weighted by molar-refractivity contribution is 6.24. The molecular weight excluding hydrogens is 530 g/mol. The predicted molar refractivity (Wildman–Crippen MR) is 163 cm³/mol. The lowest BCUT2D eigenvalue weighted by atomic mass is 10.0. The first kappa shape index (κ1) is 29.1. The average molecular weight is 568 g/mol. The molecule has 1 amide bonds. The third kappa shape index (κ3) is 6.24. The normalized spacial score (nSPS) is 16.0. The molecule has 0 spiro atoms. The number of carbonyl (C=O) groups excluding carboxylic acids is 2. The van der Waals surface area contributed by atoms with Gasteiger partial charge in [-0.05, 0) is 61.2 Å². The Kier molecular flexibility index (Phi) is 8.75. The molecule has 1 aromatic carbocycles. The quantitative estimate of drug-likeness (QED) is 0.344. The number of aliphatic imine (C=N–C) groups is 1. The minimum absolute atomic E-state index is 0.0256. The van der Waals surface area contributed by atoms with Crippen molar-refractivity contribution in [1.82, 2.24) is 30.1 Å². The van der Waals surface area contributed by atoms with E-state index in [0.717, 1.165) is 28.8 Å². The zero-order valence-electron chi connectivity index (χ0n) is 24.5. The molecule has 218 valence electrons. The number of nitrogens with zero attached hydrogens (tertiary/aromatic N) is 5. The van der Waals surface area contributed by atoms with Crippen molar-refractivity contribution in [1.29, 1.82) is 0 Å². The summed E-state index contributed by atoms with van der Waals surface area (Å²) in [4.78, 5) is 42.8. The van der Waals surface area contributed by atoms with Crippen LogP contribution in [0.15, 0.2) is 77.1 Å².